The number of nitrogens with zero attached hydrogens (tertiary/aromatic N) is 1. The smallest absolute Gasteiger partial charge is 0.411 e. The first kappa shape index (κ1) is 26.3. The number of ether oxygens (including phenoxy) is 2. The van der Waals surface area contributed by atoms with Crippen molar-refractivity contribution in [3.8, 4) is 0 Å². The van der Waals surface area contributed by atoms with Gasteiger partial charge in [0.15, 0.2) is 14.0 Å². The van der Waals surface area contributed by atoms with E-state index in [1.54, 1.807) is 20.8 Å². The van der Waals surface area contributed by atoms with E-state index in [1.807, 2.05) is 43.4 Å². The average molecular weight is 468 g/mol. The van der Waals surface area contributed by atoms with Crippen LogP contribution in [-0.4, -0.2) is 55.7 Å². The van der Waals surface area contributed by atoms with Crippen LogP contribution < -0.4 is 0 Å². The second-order valence-electron chi connectivity index (χ2n) is 11.1. The van der Waals surface area contributed by atoms with Crippen LogP contribution in [0.5, 0.6) is 0 Å². The third-order valence-electron chi connectivity index (χ3n) is 6.01. The van der Waals surface area contributed by atoms with E-state index >= 15 is 4.39 Å². The second kappa shape index (κ2) is 9.51. The maximum atomic E-state index is 15.9. The highest BCUT2D eigenvalue weighted by atomic mass is 28.4. The van der Waals surface area contributed by atoms with Crippen molar-refractivity contribution < 1.29 is 27.9 Å². The molecule has 1 amide bonds. The van der Waals surface area contributed by atoms with Crippen molar-refractivity contribution in [2.75, 3.05) is 13.2 Å². The summed E-state index contributed by atoms with van der Waals surface area (Å²) in [4.78, 5) is 26.8. The number of esters is 1. The van der Waals surface area contributed by atoms with Crippen LogP contribution in [0.1, 0.15) is 53.5 Å². The van der Waals surface area contributed by atoms with Gasteiger partial charge in [-0.25, -0.2) is 14.0 Å². The fraction of sp³-hybridized carbons (Fsp3) is 0.667. The fourth-order valence-corrected chi connectivity index (χ4v) is 4.17. The van der Waals surface area contributed by atoms with Gasteiger partial charge in [-0.2, -0.15) is 0 Å². The lowest BCUT2D eigenvalue weighted by Gasteiger charge is -2.37. The van der Waals surface area contributed by atoms with Gasteiger partial charge in [0.05, 0.1) is 13.2 Å². The normalized spacial score (nSPS) is 22.0. The van der Waals surface area contributed by atoms with E-state index in [2.05, 4.69) is 20.8 Å². The van der Waals surface area contributed by atoms with Crippen molar-refractivity contribution in [1.29, 1.82) is 0 Å². The minimum absolute atomic E-state index is 0.0537. The molecule has 6 nitrogen and oxygen atoms in total. The molecule has 1 heterocycles. The van der Waals surface area contributed by atoms with E-state index in [9.17, 15) is 9.59 Å². The van der Waals surface area contributed by atoms with Crippen LogP contribution in [0.4, 0.5) is 9.18 Å². The predicted molar refractivity (Wildman–Crippen MR) is 125 cm³/mol. The quantitative estimate of drug-likeness (QED) is 0.410. The van der Waals surface area contributed by atoms with Crippen molar-refractivity contribution in [3.05, 3.63) is 35.9 Å². The van der Waals surface area contributed by atoms with Gasteiger partial charge >= 0.3 is 12.1 Å². The van der Waals surface area contributed by atoms with E-state index in [0.29, 0.717) is 0 Å². The standard InChI is InChI=1S/C24H38FNO5Si/c1-22(2,3)31-21(28)26-16-24(25,17-30-32(7,8)23(4,5)6)14-19(26)20(27)29-15-18-12-10-9-11-13-18/h9-13,19H,14-17H2,1-8H3/t19-,24+/m0/s1. The number of amides is 1. The first-order chi connectivity index (χ1) is 14.5. The van der Waals surface area contributed by atoms with Crippen LogP contribution in [-0.2, 0) is 25.3 Å². The molecule has 0 unspecified atom stereocenters. The highest BCUT2D eigenvalue weighted by Crippen LogP contribution is 2.39. The summed E-state index contributed by atoms with van der Waals surface area (Å²) in [6, 6.07) is 8.15. The Balaban J connectivity index is 2.16. The molecule has 0 bridgehead atoms. The number of carbonyl (C=O) groups is 2. The molecular formula is C24H38FNO5Si. The molecule has 0 N–H and O–H groups in total. The Bertz CT molecular complexity index is 803. The highest BCUT2D eigenvalue weighted by Gasteiger charge is 2.52. The number of halogens is 1. The Morgan fingerprint density at radius 2 is 1.72 bits per heavy atom. The number of rotatable bonds is 6. The maximum absolute atomic E-state index is 15.9. The zero-order valence-corrected chi connectivity index (χ0v) is 21.7. The molecule has 1 aliphatic rings. The summed E-state index contributed by atoms with van der Waals surface area (Å²) in [5.41, 5.74) is -1.81. The lowest BCUT2D eigenvalue weighted by atomic mass is 10.0. The molecule has 32 heavy (non-hydrogen) atoms. The molecule has 0 saturated carbocycles. The predicted octanol–water partition coefficient (Wildman–Crippen LogP) is 5.47. The first-order valence-electron chi connectivity index (χ1n) is 11.1. The summed E-state index contributed by atoms with van der Waals surface area (Å²) in [6.45, 7) is 15.1. The number of carbonyl (C=O) groups excluding carboxylic acids is 2. The van der Waals surface area contributed by atoms with Gasteiger partial charge < -0.3 is 13.9 Å². The van der Waals surface area contributed by atoms with Crippen LogP contribution in [0.15, 0.2) is 30.3 Å². The number of alkyl halides is 1. The van der Waals surface area contributed by atoms with Gasteiger partial charge in [0, 0.05) is 6.42 Å². The van der Waals surface area contributed by atoms with Crippen LogP contribution >= 0.6 is 0 Å². The summed E-state index contributed by atoms with van der Waals surface area (Å²) < 4.78 is 32.9. The molecule has 0 aliphatic carbocycles. The zero-order chi connectivity index (χ0) is 24.4. The molecular weight excluding hydrogens is 429 g/mol. The summed E-state index contributed by atoms with van der Waals surface area (Å²) in [5, 5.41) is -0.0825. The van der Waals surface area contributed by atoms with Crippen LogP contribution in [0, 0.1) is 0 Å². The highest BCUT2D eigenvalue weighted by molar-refractivity contribution is 6.74. The minimum Gasteiger partial charge on any atom is -0.459 e. The van der Waals surface area contributed by atoms with Gasteiger partial charge in [-0.05, 0) is 44.5 Å². The molecule has 180 valence electrons. The Morgan fingerprint density at radius 3 is 2.25 bits per heavy atom. The SMILES string of the molecule is CC(C)(C)OC(=O)N1C[C@@](F)(CO[Si](C)(C)C(C)(C)C)C[C@H]1C(=O)OCc1ccccc1. The van der Waals surface area contributed by atoms with Crippen molar-refractivity contribution in [2.45, 2.75) is 90.0 Å². The van der Waals surface area contributed by atoms with Gasteiger partial charge in [0.1, 0.15) is 18.2 Å². The van der Waals surface area contributed by atoms with Gasteiger partial charge in [-0.15, -0.1) is 0 Å². The average Bonchev–Trinajstić information content (AvgIpc) is 3.02. The van der Waals surface area contributed by atoms with Crippen LogP contribution in [0.25, 0.3) is 0 Å². The van der Waals surface area contributed by atoms with Crippen LogP contribution in [0.3, 0.4) is 0 Å². The lowest BCUT2D eigenvalue weighted by molar-refractivity contribution is -0.150. The molecule has 8 heteroatoms. The van der Waals surface area contributed by atoms with E-state index in [-0.39, 0.29) is 31.2 Å². The van der Waals surface area contributed by atoms with E-state index in [0.717, 1.165) is 10.5 Å². The Labute approximate surface area is 192 Å². The van der Waals surface area contributed by atoms with Crippen molar-refractivity contribution in [3.63, 3.8) is 0 Å². The molecule has 0 radical (unpaired) electrons. The third-order valence-corrected chi connectivity index (χ3v) is 10.5. The van der Waals surface area contributed by atoms with E-state index in [4.69, 9.17) is 13.9 Å². The van der Waals surface area contributed by atoms with Crippen molar-refractivity contribution >= 4 is 20.4 Å². The van der Waals surface area contributed by atoms with Crippen molar-refractivity contribution in [1.82, 2.24) is 4.90 Å². The summed E-state index contributed by atoms with van der Waals surface area (Å²) in [6.07, 6.45) is -0.917. The van der Waals surface area contributed by atoms with Gasteiger partial charge in [-0.1, -0.05) is 51.1 Å². The van der Waals surface area contributed by atoms with Crippen molar-refractivity contribution in [2.24, 2.45) is 0 Å². The molecule has 1 saturated heterocycles. The lowest BCUT2D eigenvalue weighted by Crippen LogP contribution is -2.46. The topological polar surface area (TPSA) is 65.1 Å². The number of likely N-dealkylation sites (tertiary alicyclic amines) is 1. The zero-order valence-electron chi connectivity index (χ0n) is 20.7. The maximum Gasteiger partial charge on any atom is 0.411 e. The Hall–Kier alpha value is -1.93. The number of hydrogen-bond acceptors (Lipinski definition) is 5. The first-order valence-corrected chi connectivity index (χ1v) is 14.0. The monoisotopic (exact) mass is 467 g/mol. The molecule has 2 atom stereocenters. The Kier molecular flexibility index (Phi) is 7.82. The minimum atomic E-state index is -2.21. The summed E-state index contributed by atoms with van der Waals surface area (Å²) >= 11 is 0. The molecule has 0 aromatic heterocycles. The van der Waals surface area contributed by atoms with Crippen LogP contribution in [0.2, 0.25) is 18.1 Å². The molecule has 2 rings (SSSR count). The molecule has 1 aromatic carbocycles. The third kappa shape index (κ3) is 7.03. The molecule has 1 aliphatic heterocycles. The molecule has 1 fully saturated rings. The number of benzene rings is 1. The van der Waals surface area contributed by atoms with E-state index in [1.165, 1.54) is 0 Å². The summed E-state index contributed by atoms with van der Waals surface area (Å²) in [5.74, 6) is -0.647. The van der Waals surface area contributed by atoms with Gasteiger partial charge in [0.25, 0.3) is 0 Å². The largest absolute Gasteiger partial charge is 0.459 e. The molecule has 1 aromatic rings. The second-order valence-corrected chi connectivity index (χ2v) is 15.9. The van der Waals surface area contributed by atoms with E-state index < -0.39 is 37.7 Å². The fourth-order valence-electron chi connectivity index (χ4n) is 3.12. The Morgan fingerprint density at radius 1 is 1.12 bits per heavy atom. The van der Waals surface area contributed by atoms with Gasteiger partial charge in [-0.3, -0.25) is 4.90 Å². The summed E-state index contributed by atoms with van der Waals surface area (Å²) in [7, 11) is -2.21. The number of hydrogen-bond donors (Lipinski definition) is 0. The molecule has 0 spiro atoms. The van der Waals surface area contributed by atoms with Gasteiger partial charge in [0.2, 0.25) is 0 Å².